The van der Waals surface area contributed by atoms with Gasteiger partial charge in [0.2, 0.25) is 17.6 Å². The van der Waals surface area contributed by atoms with Crippen LogP contribution in [0.3, 0.4) is 0 Å². The lowest BCUT2D eigenvalue weighted by atomic mass is 10.1. The minimum atomic E-state index is 0.137. The molecule has 118 valence electrons. The van der Waals surface area contributed by atoms with Gasteiger partial charge in [-0.3, -0.25) is 4.79 Å². The van der Waals surface area contributed by atoms with Crippen LogP contribution in [-0.4, -0.2) is 47.1 Å². The average Bonchev–Trinajstić information content (AvgIpc) is 3.23. The summed E-state index contributed by atoms with van der Waals surface area (Å²) in [7, 11) is 1.94. The van der Waals surface area contributed by atoms with E-state index in [4.69, 9.17) is 8.94 Å². The molecule has 7 nitrogen and oxygen atoms in total. The molecular weight excluding hydrogens is 284 g/mol. The summed E-state index contributed by atoms with van der Waals surface area (Å²) >= 11 is 0. The maximum atomic E-state index is 12.3. The van der Waals surface area contributed by atoms with Crippen LogP contribution in [0, 0.1) is 0 Å². The van der Waals surface area contributed by atoms with Gasteiger partial charge in [0.25, 0.3) is 0 Å². The van der Waals surface area contributed by atoms with Crippen LogP contribution in [0.25, 0.3) is 11.6 Å². The summed E-state index contributed by atoms with van der Waals surface area (Å²) in [6.07, 6.45) is 4.56. The average molecular weight is 304 g/mol. The fraction of sp³-hybridized carbons (Fsp3) is 0.533. The Balaban J connectivity index is 1.53. The summed E-state index contributed by atoms with van der Waals surface area (Å²) in [6, 6.07) is 3.93. The Bertz CT molecular complexity index is 608. The number of aryl methyl sites for hydroxylation is 1. The summed E-state index contributed by atoms with van der Waals surface area (Å²) in [4.78, 5) is 18.4. The van der Waals surface area contributed by atoms with Crippen molar-refractivity contribution in [1.29, 1.82) is 0 Å². The molecule has 1 N–H and O–H groups in total. The summed E-state index contributed by atoms with van der Waals surface area (Å²) in [5, 5.41) is 7.10. The SMILES string of the molecule is CNC1CCCN(C(=O)CCc2nc(-c3ccco3)no2)C1. The molecule has 0 radical (unpaired) electrons. The Hall–Kier alpha value is -2.15. The van der Waals surface area contributed by atoms with E-state index in [9.17, 15) is 4.79 Å². The van der Waals surface area contributed by atoms with Crippen molar-refractivity contribution in [1.82, 2.24) is 20.4 Å². The lowest BCUT2D eigenvalue weighted by Crippen LogP contribution is -2.47. The molecule has 2 aromatic rings. The topological polar surface area (TPSA) is 84.4 Å². The molecule has 7 heteroatoms. The minimum absolute atomic E-state index is 0.137. The predicted molar refractivity (Wildman–Crippen MR) is 79.0 cm³/mol. The Morgan fingerprint density at radius 1 is 1.55 bits per heavy atom. The molecule has 1 unspecified atom stereocenters. The third-order valence-electron chi connectivity index (χ3n) is 3.94. The Kier molecular flexibility index (Phi) is 4.53. The van der Waals surface area contributed by atoms with Crippen LogP contribution in [0.15, 0.2) is 27.3 Å². The van der Waals surface area contributed by atoms with E-state index in [0.717, 1.165) is 25.9 Å². The molecule has 3 rings (SSSR count). The number of nitrogens with zero attached hydrogens (tertiary/aromatic N) is 3. The molecular formula is C15H20N4O3. The number of carbonyl (C=O) groups excluding carboxylic acids is 1. The lowest BCUT2D eigenvalue weighted by Gasteiger charge is -2.32. The summed E-state index contributed by atoms with van der Waals surface area (Å²) in [5.41, 5.74) is 0. The van der Waals surface area contributed by atoms with Crippen molar-refractivity contribution in [2.45, 2.75) is 31.7 Å². The van der Waals surface area contributed by atoms with Gasteiger partial charge in [-0.05, 0) is 32.0 Å². The molecule has 1 amide bonds. The van der Waals surface area contributed by atoms with Gasteiger partial charge in [-0.25, -0.2) is 0 Å². The lowest BCUT2D eigenvalue weighted by molar-refractivity contribution is -0.132. The Morgan fingerprint density at radius 3 is 3.23 bits per heavy atom. The van der Waals surface area contributed by atoms with Crippen molar-refractivity contribution in [3.8, 4) is 11.6 Å². The first-order chi connectivity index (χ1) is 10.8. The third-order valence-corrected chi connectivity index (χ3v) is 3.94. The summed E-state index contributed by atoms with van der Waals surface area (Å²) < 4.78 is 10.4. The first-order valence-corrected chi connectivity index (χ1v) is 7.58. The number of aromatic nitrogens is 2. The number of likely N-dealkylation sites (N-methyl/N-ethyl adjacent to an activating group) is 1. The van der Waals surface area contributed by atoms with Gasteiger partial charge >= 0.3 is 0 Å². The first-order valence-electron chi connectivity index (χ1n) is 7.58. The second-order valence-electron chi connectivity index (χ2n) is 5.46. The zero-order chi connectivity index (χ0) is 15.4. The van der Waals surface area contributed by atoms with E-state index in [1.54, 1.807) is 18.4 Å². The van der Waals surface area contributed by atoms with E-state index in [-0.39, 0.29) is 5.91 Å². The molecule has 0 saturated carbocycles. The van der Waals surface area contributed by atoms with Crippen LogP contribution >= 0.6 is 0 Å². The number of hydrogen-bond acceptors (Lipinski definition) is 6. The van der Waals surface area contributed by atoms with Crippen LogP contribution < -0.4 is 5.32 Å². The molecule has 1 aliphatic heterocycles. The molecule has 1 saturated heterocycles. The number of carbonyl (C=O) groups is 1. The maximum absolute atomic E-state index is 12.3. The molecule has 0 aliphatic carbocycles. The van der Waals surface area contributed by atoms with E-state index in [1.807, 2.05) is 11.9 Å². The summed E-state index contributed by atoms with van der Waals surface area (Å²) in [6.45, 7) is 1.61. The fourth-order valence-corrected chi connectivity index (χ4v) is 2.67. The molecule has 22 heavy (non-hydrogen) atoms. The smallest absolute Gasteiger partial charge is 0.238 e. The molecule has 1 aliphatic rings. The highest BCUT2D eigenvalue weighted by Crippen LogP contribution is 2.17. The number of furan rings is 1. The third kappa shape index (κ3) is 3.36. The Labute approximate surface area is 128 Å². The van der Waals surface area contributed by atoms with Gasteiger partial charge < -0.3 is 19.2 Å². The monoisotopic (exact) mass is 304 g/mol. The van der Waals surface area contributed by atoms with Crippen molar-refractivity contribution >= 4 is 5.91 Å². The van der Waals surface area contributed by atoms with Crippen molar-refractivity contribution in [2.24, 2.45) is 0 Å². The number of amides is 1. The minimum Gasteiger partial charge on any atom is -0.461 e. The van der Waals surface area contributed by atoms with Crippen LogP contribution in [0.5, 0.6) is 0 Å². The molecule has 0 aromatic carbocycles. The van der Waals surface area contributed by atoms with E-state index in [0.29, 0.717) is 36.4 Å². The second kappa shape index (κ2) is 6.74. The predicted octanol–water partition coefficient (Wildman–Crippen LogP) is 1.47. The zero-order valence-electron chi connectivity index (χ0n) is 12.6. The highest BCUT2D eigenvalue weighted by Gasteiger charge is 2.22. The van der Waals surface area contributed by atoms with Crippen LogP contribution in [0.1, 0.15) is 25.2 Å². The highest BCUT2D eigenvalue weighted by atomic mass is 16.5. The van der Waals surface area contributed by atoms with Gasteiger partial charge in [0.1, 0.15) is 0 Å². The van der Waals surface area contributed by atoms with Crippen LogP contribution in [-0.2, 0) is 11.2 Å². The van der Waals surface area contributed by atoms with Crippen molar-refractivity contribution in [3.05, 3.63) is 24.3 Å². The molecule has 1 atom stereocenters. The molecule has 0 spiro atoms. The van der Waals surface area contributed by atoms with Gasteiger partial charge in [0, 0.05) is 32.0 Å². The van der Waals surface area contributed by atoms with Crippen molar-refractivity contribution < 1.29 is 13.7 Å². The largest absolute Gasteiger partial charge is 0.461 e. The van der Waals surface area contributed by atoms with E-state index >= 15 is 0 Å². The summed E-state index contributed by atoms with van der Waals surface area (Å²) in [5.74, 6) is 1.58. The molecule has 3 heterocycles. The fourth-order valence-electron chi connectivity index (χ4n) is 2.67. The van der Waals surface area contributed by atoms with Crippen LogP contribution in [0.4, 0.5) is 0 Å². The number of piperidine rings is 1. The standard InChI is InChI=1S/C15H20N4O3/c1-16-11-4-2-8-19(10-11)14(20)7-6-13-17-15(18-22-13)12-5-3-9-21-12/h3,5,9,11,16H,2,4,6-8,10H2,1H3. The van der Waals surface area contributed by atoms with E-state index in [1.165, 1.54) is 0 Å². The number of hydrogen-bond donors (Lipinski definition) is 1. The van der Waals surface area contributed by atoms with E-state index < -0.39 is 0 Å². The van der Waals surface area contributed by atoms with Crippen molar-refractivity contribution in [3.63, 3.8) is 0 Å². The maximum Gasteiger partial charge on any atom is 0.238 e. The number of nitrogens with one attached hydrogen (secondary N) is 1. The van der Waals surface area contributed by atoms with Gasteiger partial charge in [0.15, 0.2) is 5.76 Å². The van der Waals surface area contributed by atoms with Gasteiger partial charge in [-0.1, -0.05) is 5.16 Å². The molecule has 2 aromatic heterocycles. The first kappa shape index (κ1) is 14.8. The van der Waals surface area contributed by atoms with Gasteiger partial charge in [0.05, 0.1) is 6.26 Å². The van der Waals surface area contributed by atoms with Crippen molar-refractivity contribution in [2.75, 3.05) is 20.1 Å². The normalized spacial score (nSPS) is 18.6. The van der Waals surface area contributed by atoms with E-state index in [2.05, 4.69) is 15.5 Å². The zero-order valence-corrected chi connectivity index (χ0v) is 12.6. The highest BCUT2D eigenvalue weighted by molar-refractivity contribution is 5.76. The molecule has 1 fully saturated rings. The van der Waals surface area contributed by atoms with Gasteiger partial charge in [-0.15, -0.1) is 0 Å². The number of rotatable bonds is 5. The second-order valence-corrected chi connectivity index (χ2v) is 5.46. The molecule has 0 bridgehead atoms. The Morgan fingerprint density at radius 2 is 2.45 bits per heavy atom. The van der Waals surface area contributed by atoms with Crippen LogP contribution in [0.2, 0.25) is 0 Å². The number of likely N-dealkylation sites (tertiary alicyclic amines) is 1. The van der Waals surface area contributed by atoms with Gasteiger partial charge in [-0.2, -0.15) is 4.98 Å². The quantitative estimate of drug-likeness (QED) is 0.900.